The molecule has 0 fully saturated rings. The summed E-state index contributed by atoms with van der Waals surface area (Å²) in [7, 11) is 5.08. The third kappa shape index (κ3) is 5.26. The van der Waals surface area contributed by atoms with Crippen molar-refractivity contribution in [2.45, 2.75) is 19.0 Å². The molecule has 0 aliphatic carbocycles. The molecule has 0 saturated carbocycles. The Balaban J connectivity index is 1.63. The third-order valence-electron chi connectivity index (χ3n) is 5.82. The molecular weight excluding hydrogens is 433 g/mol. The highest BCUT2D eigenvalue weighted by molar-refractivity contribution is 6.03. The van der Waals surface area contributed by atoms with Gasteiger partial charge in [0, 0.05) is 30.2 Å². The van der Waals surface area contributed by atoms with E-state index in [4.69, 9.17) is 9.47 Å². The summed E-state index contributed by atoms with van der Waals surface area (Å²) in [6, 6.07) is 21.4. The number of hydrogen-bond acceptors (Lipinski definition) is 5. The molecule has 3 aromatic rings. The number of carbonyl (C=O) groups excluding carboxylic acids is 1. The van der Waals surface area contributed by atoms with Gasteiger partial charge in [-0.3, -0.25) is 9.69 Å². The van der Waals surface area contributed by atoms with Crippen LogP contribution < -0.4 is 9.47 Å². The number of likely N-dealkylation sites (N-methyl/N-ethyl adjacent to an activating group) is 1. The molecule has 0 aromatic heterocycles. The Hall–Kier alpha value is -3.71. The number of carbonyl (C=O) groups is 1. The Kier molecular flexibility index (Phi) is 7.23. The molecule has 1 aliphatic rings. The van der Waals surface area contributed by atoms with Crippen LogP contribution in [-0.4, -0.2) is 49.3 Å². The van der Waals surface area contributed by atoms with Crippen molar-refractivity contribution < 1.29 is 18.7 Å². The number of hydrogen-bond donors (Lipinski definition) is 0. The van der Waals surface area contributed by atoms with Crippen LogP contribution in [0.15, 0.2) is 77.9 Å². The fourth-order valence-corrected chi connectivity index (χ4v) is 4.17. The normalized spacial score (nSPS) is 15.4. The standard InChI is InChI=1S/C27H28FN3O3/c1-30(17-19-8-5-4-6-9-19)18-27(32)31-25(23-13-12-22(33-2)15-26(23)34-3)16-24(29-31)20-10-7-11-21(28)14-20/h4-15,25H,16-18H2,1-3H3/t25-/m0/s1. The molecule has 1 atom stereocenters. The summed E-state index contributed by atoms with van der Waals surface area (Å²) < 4.78 is 24.8. The predicted octanol–water partition coefficient (Wildman–Crippen LogP) is 4.65. The van der Waals surface area contributed by atoms with Crippen molar-refractivity contribution in [2.75, 3.05) is 27.8 Å². The lowest BCUT2D eigenvalue weighted by atomic mass is 9.97. The van der Waals surface area contributed by atoms with Crippen LogP contribution in [0.1, 0.15) is 29.2 Å². The van der Waals surface area contributed by atoms with Gasteiger partial charge in [0.15, 0.2) is 0 Å². The van der Waals surface area contributed by atoms with E-state index in [0.29, 0.717) is 35.7 Å². The molecule has 0 N–H and O–H groups in total. The van der Waals surface area contributed by atoms with Crippen LogP contribution in [0.5, 0.6) is 11.5 Å². The van der Waals surface area contributed by atoms with Gasteiger partial charge in [-0.1, -0.05) is 42.5 Å². The summed E-state index contributed by atoms with van der Waals surface area (Å²) in [5, 5.41) is 6.16. The fraction of sp³-hybridized carbons (Fsp3) is 0.259. The van der Waals surface area contributed by atoms with E-state index in [1.807, 2.05) is 54.4 Å². The van der Waals surface area contributed by atoms with E-state index in [9.17, 15) is 9.18 Å². The summed E-state index contributed by atoms with van der Waals surface area (Å²) in [6.07, 6.45) is 0.445. The van der Waals surface area contributed by atoms with E-state index >= 15 is 0 Å². The Bertz CT molecular complexity index is 1180. The van der Waals surface area contributed by atoms with Gasteiger partial charge < -0.3 is 9.47 Å². The van der Waals surface area contributed by atoms with Crippen LogP contribution in [-0.2, 0) is 11.3 Å². The maximum Gasteiger partial charge on any atom is 0.257 e. The lowest BCUT2D eigenvalue weighted by molar-refractivity contribution is -0.134. The number of benzene rings is 3. The largest absolute Gasteiger partial charge is 0.497 e. The van der Waals surface area contributed by atoms with E-state index < -0.39 is 0 Å². The molecule has 1 aliphatic heterocycles. The Morgan fingerprint density at radius 2 is 1.85 bits per heavy atom. The van der Waals surface area contributed by atoms with Crippen LogP contribution in [0, 0.1) is 5.82 Å². The van der Waals surface area contributed by atoms with Crippen molar-refractivity contribution in [3.05, 3.63) is 95.3 Å². The van der Waals surface area contributed by atoms with Crippen molar-refractivity contribution >= 4 is 11.6 Å². The maximum atomic E-state index is 13.9. The quantitative estimate of drug-likeness (QED) is 0.490. The molecule has 176 valence electrons. The minimum Gasteiger partial charge on any atom is -0.497 e. The smallest absolute Gasteiger partial charge is 0.257 e. The molecule has 4 rings (SSSR count). The summed E-state index contributed by atoms with van der Waals surface area (Å²) in [5.74, 6) is 0.777. The minimum absolute atomic E-state index is 0.146. The first-order chi connectivity index (χ1) is 16.5. The third-order valence-corrected chi connectivity index (χ3v) is 5.82. The van der Waals surface area contributed by atoms with Crippen LogP contribution in [0.25, 0.3) is 0 Å². The summed E-state index contributed by atoms with van der Waals surface area (Å²) in [6.45, 7) is 0.821. The Labute approximate surface area is 199 Å². The highest BCUT2D eigenvalue weighted by atomic mass is 19.1. The number of hydrazone groups is 1. The lowest BCUT2D eigenvalue weighted by Gasteiger charge is -2.26. The Morgan fingerprint density at radius 1 is 1.06 bits per heavy atom. The monoisotopic (exact) mass is 461 g/mol. The first-order valence-electron chi connectivity index (χ1n) is 11.1. The van der Waals surface area contributed by atoms with Crippen LogP contribution >= 0.6 is 0 Å². The first kappa shape index (κ1) is 23.4. The number of ether oxygens (including phenoxy) is 2. The first-order valence-corrected chi connectivity index (χ1v) is 11.1. The molecular formula is C27H28FN3O3. The number of amides is 1. The van der Waals surface area contributed by atoms with Gasteiger partial charge in [-0.2, -0.15) is 5.10 Å². The van der Waals surface area contributed by atoms with Crippen LogP contribution in [0.3, 0.4) is 0 Å². The van der Waals surface area contributed by atoms with E-state index in [1.54, 1.807) is 32.4 Å². The Morgan fingerprint density at radius 3 is 2.56 bits per heavy atom. The van der Waals surface area contributed by atoms with Crippen molar-refractivity contribution in [3.8, 4) is 11.5 Å². The van der Waals surface area contributed by atoms with Gasteiger partial charge in [-0.05, 0) is 36.9 Å². The second-order valence-electron chi connectivity index (χ2n) is 8.28. The average Bonchev–Trinajstić information content (AvgIpc) is 3.29. The van der Waals surface area contributed by atoms with Crippen molar-refractivity contribution in [2.24, 2.45) is 5.10 Å². The SMILES string of the molecule is COc1ccc([C@@H]2CC(c3cccc(F)c3)=NN2C(=O)CN(C)Cc2ccccc2)c(OC)c1. The topological polar surface area (TPSA) is 54.4 Å². The maximum absolute atomic E-state index is 13.9. The molecule has 34 heavy (non-hydrogen) atoms. The predicted molar refractivity (Wildman–Crippen MR) is 129 cm³/mol. The summed E-state index contributed by atoms with van der Waals surface area (Å²) in [4.78, 5) is 15.4. The summed E-state index contributed by atoms with van der Waals surface area (Å²) in [5.41, 5.74) is 3.25. The van der Waals surface area contributed by atoms with E-state index in [-0.39, 0.29) is 24.3 Å². The fourth-order valence-electron chi connectivity index (χ4n) is 4.17. The van der Waals surface area contributed by atoms with Crippen molar-refractivity contribution in [1.29, 1.82) is 0 Å². The highest BCUT2D eigenvalue weighted by Crippen LogP contribution is 2.39. The molecule has 0 unspecified atom stereocenters. The molecule has 7 heteroatoms. The number of rotatable bonds is 8. The van der Waals surface area contributed by atoms with Crippen molar-refractivity contribution in [1.82, 2.24) is 9.91 Å². The van der Waals surface area contributed by atoms with Gasteiger partial charge >= 0.3 is 0 Å². The second kappa shape index (κ2) is 10.5. The van der Waals surface area contributed by atoms with Crippen molar-refractivity contribution in [3.63, 3.8) is 0 Å². The molecule has 0 spiro atoms. The minimum atomic E-state index is -0.378. The highest BCUT2D eigenvalue weighted by Gasteiger charge is 2.35. The van der Waals surface area contributed by atoms with Crippen LogP contribution in [0.2, 0.25) is 0 Å². The van der Waals surface area contributed by atoms with Gasteiger partial charge in [0.05, 0.1) is 32.5 Å². The summed E-state index contributed by atoms with van der Waals surface area (Å²) >= 11 is 0. The number of methoxy groups -OCH3 is 2. The van der Waals surface area contributed by atoms with Gasteiger partial charge in [0.25, 0.3) is 5.91 Å². The van der Waals surface area contributed by atoms with Crippen LogP contribution in [0.4, 0.5) is 4.39 Å². The van der Waals surface area contributed by atoms with Gasteiger partial charge in [-0.15, -0.1) is 0 Å². The van der Waals surface area contributed by atoms with E-state index in [2.05, 4.69) is 5.10 Å². The molecule has 3 aromatic carbocycles. The molecule has 1 amide bonds. The van der Waals surface area contributed by atoms with Gasteiger partial charge in [-0.25, -0.2) is 9.40 Å². The van der Waals surface area contributed by atoms with Gasteiger partial charge in [0.2, 0.25) is 0 Å². The molecule has 6 nitrogen and oxygen atoms in total. The zero-order valence-corrected chi connectivity index (χ0v) is 19.6. The molecule has 0 saturated heterocycles. The zero-order valence-electron chi connectivity index (χ0n) is 19.6. The van der Waals surface area contributed by atoms with Gasteiger partial charge in [0.1, 0.15) is 17.3 Å². The van der Waals surface area contributed by atoms with E-state index in [0.717, 1.165) is 11.1 Å². The number of nitrogens with zero attached hydrogens (tertiary/aromatic N) is 3. The average molecular weight is 462 g/mol. The number of halogens is 1. The lowest BCUT2D eigenvalue weighted by Crippen LogP contribution is -2.36. The zero-order chi connectivity index (χ0) is 24.1. The second-order valence-corrected chi connectivity index (χ2v) is 8.28. The van der Waals surface area contributed by atoms with E-state index in [1.165, 1.54) is 17.1 Å². The molecule has 0 bridgehead atoms. The molecule has 0 radical (unpaired) electrons. The molecule has 1 heterocycles.